The van der Waals surface area contributed by atoms with Crippen LogP contribution in [-0.4, -0.2) is 34.6 Å². The van der Waals surface area contributed by atoms with Crippen LogP contribution in [0.3, 0.4) is 0 Å². The third-order valence-electron chi connectivity index (χ3n) is 3.78. The van der Waals surface area contributed by atoms with Crippen molar-refractivity contribution in [3.63, 3.8) is 0 Å². The van der Waals surface area contributed by atoms with Crippen LogP contribution in [0.5, 0.6) is 5.75 Å². The summed E-state index contributed by atoms with van der Waals surface area (Å²) >= 11 is 0. The molecule has 0 spiro atoms. The highest BCUT2D eigenvalue weighted by molar-refractivity contribution is 5.36. The van der Waals surface area contributed by atoms with Crippen LogP contribution in [0.2, 0.25) is 0 Å². The van der Waals surface area contributed by atoms with E-state index < -0.39 is 0 Å². The Balaban J connectivity index is 1.53. The average molecular weight is 294 g/mol. The molecule has 0 saturated carbocycles. The van der Waals surface area contributed by atoms with Gasteiger partial charge in [0.15, 0.2) is 0 Å². The van der Waals surface area contributed by atoms with Crippen LogP contribution in [-0.2, 0) is 13.0 Å². The smallest absolute Gasteiger partial charge is 0.125 e. The molecule has 0 radical (unpaired) electrons. The maximum atomic E-state index is 8.88. The Morgan fingerprint density at radius 3 is 3.18 bits per heavy atom. The minimum atomic E-state index is 0.605. The molecule has 112 valence electrons. The van der Waals surface area contributed by atoms with Gasteiger partial charge in [0.1, 0.15) is 18.2 Å². The maximum Gasteiger partial charge on any atom is 0.125 e. The van der Waals surface area contributed by atoms with Crippen molar-refractivity contribution in [3.05, 3.63) is 53.1 Å². The normalized spacial score (nSPS) is 14.2. The molecular weight excluding hydrogens is 276 g/mol. The van der Waals surface area contributed by atoms with E-state index >= 15 is 0 Å². The number of hydrogen-bond donors (Lipinski definition) is 0. The van der Waals surface area contributed by atoms with Crippen molar-refractivity contribution in [2.24, 2.45) is 0 Å². The van der Waals surface area contributed by atoms with Gasteiger partial charge in [-0.25, -0.2) is 9.97 Å². The van der Waals surface area contributed by atoms with Gasteiger partial charge in [-0.3, -0.25) is 4.90 Å². The number of fused-ring (bicyclic) bond motifs is 1. The van der Waals surface area contributed by atoms with E-state index in [0.717, 1.165) is 43.3 Å². The topological polar surface area (TPSA) is 62.0 Å². The van der Waals surface area contributed by atoms with Crippen molar-refractivity contribution < 1.29 is 4.74 Å². The van der Waals surface area contributed by atoms with E-state index in [1.165, 1.54) is 5.56 Å². The summed E-state index contributed by atoms with van der Waals surface area (Å²) in [5.74, 6) is 1.57. The zero-order valence-corrected chi connectivity index (χ0v) is 12.6. The molecule has 1 aromatic carbocycles. The molecule has 2 heterocycles. The molecular formula is C17H18N4O. The van der Waals surface area contributed by atoms with Crippen molar-refractivity contribution >= 4 is 0 Å². The van der Waals surface area contributed by atoms with Gasteiger partial charge in [0.05, 0.1) is 17.3 Å². The zero-order chi connectivity index (χ0) is 15.4. The van der Waals surface area contributed by atoms with E-state index in [4.69, 9.17) is 10.00 Å². The van der Waals surface area contributed by atoms with E-state index in [2.05, 4.69) is 20.9 Å². The van der Waals surface area contributed by atoms with Crippen LogP contribution < -0.4 is 4.74 Å². The Hall–Kier alpha value is -2.45. The van der Waals surface area contributed by atoms with E-state index in [-0.39, 0.29) is 0 Å². The molecule has 0 unspecified atom stereocenters. The van der Waals surface area contributed by atoms with Crippen molar-refractivity contribution in [1.29, 1.82) is 5.26 Å². The molecule has 0 N–H and O–H groups in total. The molecule has 0 aliphatic carbocycles. The predicted octanol–water partition coefficient (Wildman–Crippen LogP) is 2.09. The van der Waals surface area contributed by atoms with Crippen molar-refractivity contribution in [2.45, 2.75) is 19.9 Å². The fraction of sp³-hybridized carbons (Fsp3) is 0.353. The lowest BCUT2D eigenvalue weighted by molar-refractivity contribution is 0.193. The fourth-order valence-corrected chi connectivity index (χ4v) is 2.60. The second kappa shape index (κ2) is 6.54. The van der Waals surface area contributed by atoms with Gasteiger partial charge in [-0.15, -0.1) is 0 Å². The minimum absolute atomic E-state index is 0.605. The number of benzene rings is 1. The highest BCUT2D eigenvalue weighted by atomic mass is 16.5. The molecule has 5 heteroatoms. The first-order chi connectivity index (χ1) is 10.7. The van der Waals surface area contributed by atoms with Gasteiger partial charge in [-0.05, 0) is 37.1 Å². The Bertz CT molecular complexity index is 708. The molecule has 2 aromatic rings. The third kappa shape index (κ3) is 3.41. The van der Waals surface area contributed by atoms with Crippen LogP contribution in [0.1, 0.15) is 22.6 Å². The second-order valence-corrected chi connectivity index (χ2v) is 5.40. The SMILES string of the molecule is Cc1ncc2c(n1)CN(CCOc1cccc(C#N)c1)CC2. The zero-order valence-electron chi connectivity index (χ0n) is 12.6. The Labute approximate surface area is 130 Å². The molecule has 0 saturated heterocycles. The Morgan fingerprint density at radius 2 is 2.32 bits per heavy atom. The van der Waals surface area contributed by atoms with E-state index in [0.29, 0.717) is 12.2 Å². The van der Waals surface area contributed by atoms with E-state index in [9.17, 15) is 0 Å². The first-order valence-corrected chi connectivity index (χ1v) is 7.41. The molecule has 0 bridgehead atoms. The van der Waals surface area contributed by atoms with Gasteiger partial charge in [0.2, 0.25) is 0 Å². The summed E-state index contributed by atoms with van der Waals surface area (Å²) in [6.07, 6.45) is 2.93. The van der Waals surface area contributed by atoms with E-state index in [1.54, 1.807) is 12.1 Å². The number of aryl methyl sites for hydroxylation is 1. The van der Waals surface area contributed by atoms with E-state index in [1.807, 2.05) is 25.3 Å². The van der Waals surface area contributed by atoms with Gasteiger partial charge < -0.3 is 4.74 Å². The Kier molecular flexibility index (Phi) is 4.31. The first-order valence-electron chi connectivity index (χ1n) is 7.41. The van der Waals surface area contributed by atoms with Crippen molar-refractivity contribution in [2.75, 3.05) is 19.7 Å². The number of hydrogen-bond acceptors (Lipinski definition) is 5. The predicted molar refractivity (Wildman–Crippen MR) is 82.4 cm³/mol. The summed E-state index contributed by atoms with van der Waals surface area (Å²) in [5, 5.41) is 8.88. The lowest BCUT2D eigenvalue weighted by atomic mass is 10.1. The van der Waals surface area contributed by atoms with Gasteiger partial charge in [-0.2, -0.15) is 5.26 Å². The monoisotopic (exact) mass is 294 g/mol. The maximum absolute atomic E-state index is 8.88. The number of nitriles is 1. The molecule has 1 aliphatic rings. The number of aromatic nitrogens is 2. The van der Waals surface area contributed by atoms with Crippen LogP contribution in [0.4, 0.5) is 0 Å². The third-order valence-corrected chi connectivity index (χ3v) is 3.78. The van der Waals surface area contributed by atoms with Gasteiger partial charge in [-0.1, -0.05) is 6.07 Å². The molecule has 0 amide bonds. The summed E-state index contributed by atoms with van der Waals surface area (Å²) in [4.78, 5) is 11.1. The molecule has 0 fully saturated rings. The number of nitrogens with zero attached hydrogens (tertiary/aromatic N) is 4. The highest BCUT2D eigenvalue weighted by Gasteiger charge is 2.17. The molecule has 0 atom stereocenters. The Morgan fingerprint density at radius 1 is 1.41 bits per heavy atom. The quantitative estimate of drug-likeness (QED) is 0.864. The highest BCUT2D eigenvalue weighted by Crippen LogP contribution is 2.17. The molecule has 22 heavy (non-hydrogen) atoms. The molecule has 1 aromatic heterocycles. The second-order valence-electron chi connectivity index (χ2n) is 5.40. The van der Waals surface area contributed by atoms with Crippen LogP contribution >= 0.6 is 0 Å². The van der Waals surface area contributed by atoms with Crippen LogP contribution in [0.15, 0.2) is 30.5 Å². The largest absolute Gasteiger partial charge is 0.492 e. The van der Waals surface area contributed by atoms with Gasteiger partial charge >= 0.3 is 0 Å². The average Bonchev–Trinajstić information content (AvgIpc) is 2.54. The summed E-state index contributed by atoms with van der Waals surface area (Å²) in [7, 11) is 0. The summed E-state index contributed by atoms with van der Waals surface area (Å²) < 4.78 is 5.74. The van der Waals surface area contributed by atoms with Gasteiger partial charge in [0.25, 0.3) is 0 Å². The summed E-state index contributed by atoms with van der Waals surface area (Å²) in [6, 6.07) is 9.37. The van der Waals surface area contributed by atoms with Crippen LogP contribution in [0.25, 0.3) is 0 Å². The number of ether oxygens (including phenoxy) is 1. The molecule has 5 nitrogen and oxygen atoms in total. The lowest BCUT2D eigenvalue weighted by Crippen LogP contribution is -2.34. The van der Waals surface area contributed by atoms with Crippen molar-refractivity contribution in [1.82, 2.24) is 14.9 Å². The summed E-state index contributed by atoms with van der Waals surface area (Å²) in [5.41, 5.74) is 3.01. The molecule has 1 aliphatic heterocycles. The van der Waals surface area contributed by atoms with Gasteiger partial charge in [0, 0.05) is 25.8 Å². The lowest BCUT2D eigenvalue weighted by Gasteiger charge is -2.27. The standard InChI is InChI=1S/C17H18N4O/c1-13-19-11-15-5-6-21(12-17(15)20-13)7-8-22-16-4-2-3-14(9-16)10-18/h2-4,9,11H,5-8,12H2,1H3. The number of rotatable bonds is 4. The van der Waals surface area contributed by atoms with Crippen LogP contribution in [0, 0.1) is 18.3 Å². The fourth-order valence-electron chi connectivity index (χ4n) is 2.60. The molecule has 3 rings (SSSR count). The van der Waals surface area contributed by atoms with Crippen molar-refractivity contribution in [3.8, 4) is 11.8 Å². The summed E-state index contributed by atoms with van der Waals surface area (Å²) in [6.45, 7) is 5.22. The first kappa shape index (κ1) is 14.5. The minimum Gasteiger partial charge on any atom is -0.492 e.